The summed E-state index contributed by atoms with van der Waals surface area (Å²) < 4.78 is 155. The normalized spacial score (nSPS) is 28.7. The van der Waals surface area contributed by atoms with Crippen LogP contribution in [-0.4, -0.2) is 134 Å². The summed E-state index contributed by atoms with van der Waals surface area (Å²) in [5.74, 6) is 10.6. The Morgan fingerprint density at radius 1 is 0.469 bits per heavy atom. The van der Waals surface area contributed by atoms with Crippen LogP contribution in [0.2, 0.25) is 0 Å². The molecule has 12 unspecified atom stereocenters. The third-order valence-electron chi connectivity index (χ3n) is 8.28. The van der Waals surface area contributed by atoms with Crippen molar-refractivity contribution in [2.75, 3.05) is 47.1 Å². The molecule has 3 heterocycles. The molecule has 49 heteroatoms. The standard InChI is InChI=1S/2C7H17O12P3.2C6H9NO.C6H15O12P3/c2*1-5-3-6(8)7(17-5)4-16-21(11,12)19-22(13,14)18-20(9,10)15-2;2*1-3-4-5-7-6(2)8;1-4-2-5(7)6(16-4)3-15-20(11,12)18-21(13,14)17-19(8,9)10/h2*5-8H,3-4H2,1-2H3,(H,9,10)(H,11,12)(H,13,14);2*5H2,1-2H3,(H,7,8);4-7H,2-3H2,1H3,(H,11,12)(H,13,14)(H2,8,9,10)/p-9/t2*5-,6?,7+;;;4-,5?,6+/m00..0/s1. The van der Waals surface area contributed by atoms with Gasteiger partial charge < -0.3 is 112 Å². The first-order valence-electron chi connectivity index (χ1n) is 21.7. The van der Waals surface area contributed by atoms with Crippen LogP contribution < -0.4 is 54.7 Å². The fourth-order valence-corrected chi connectivity index (χ4v) is 14.3. The molecule has 0 radical (unpaired) electrons. The number of nitrogens with one attached hydrogen (secondary N) is 2. The van der Waals surface area contributed by atoms with Gasteiger partial charge in [-0.15, -0.1) is 11.8 Å². The lowest BCUT2D eigenvalue weighted by Gasteiger charge is -2.34. The number of ether oxygens (including phenoxy) is 3. The van der Waals surface area contributed by atoms with E-state index in [0.29, 0.717) is 27.3 Å². The lowest BCUT2D eigenvalue weighted by molar-refractivity contribution is -0.255. The number of phosphoric acid groups is 9. The summed E-state index contributed by atoms with van der Waals surface area (Å²) in [6.45, 7) is 10.0. The Hall–Kier alpha value is -0.950. The molecule has 0 saturated carbocycles. The highest BCUT2D eigenvalue weighted by molar-refractivity contribution is 7.66. The fraction of sp³-hybridized carbons (Fsp3) is 0.812. The second kappa shape index (κ2) is 37.0. The van der Waals surface area contributed by atoms with Crippen LogP contribution >= 0.6 is 70.4 Å². The average molecular weight is 1360 g/mol. The van der Waals surface area contributed by atoms with Crippen molar-refractivity contribution >= 4 is 82.2 Å². The molecule has 0 aromatic rings. The van der Waals surface area contributed by atoms with Crippen molar-refractivity contribution in [2.45, 2.75) is 123 Å². The summed E-state index contributed by atoms with van der Waals surface area (Å²) in [5, 5.41) is 33.5. The van der Waals surface area contributed by atoms with Gasteiger partial charge in [-0.25, -0.2) is 25.9 Å². The minimum atomic E-state index is -5.90. The zero-order valence-electron chi connectivity index (χ0n) is 43.5. The first-order chi connectivity index (χ1) is 36.6. The molecule has 0 spiro atoms. The van der Waals surface area contributed by atoms with Crippen LogP contribution in [0.1, 0.15) is 67.7 Å². The third kappa shape index (κ3) is 42.5. The monoisotopic (exact) mass is 1360 g/mol. The summed E-state index contributed by atoms with van der Waals surface area (Å²) in [6, 6.07) is 0. The number of amides is 2. The molecule has 40 nitrogen and oxygen atoms in total. The Balaban J connectivity index is 0. The van der Waals surface area contributed by atoms with Gasteiger partial charge in [0.2, 0.25) is 11.8 Å². The second-order valence-electron chi connectivity index (χ2n) is 15.3. The minimum Gasteiger partial charge on any atom is -0.756 e. The van der Waals surface area contributed by atoms with Crippen LogP contribution in [0.5, 0.6) is 0 Å². The van der Waals surface area contributed by atoms with E-state index in [9.17, 15) is 110 Å². The van der Waals surface area contributed by atoms with Gasteiger partial charge >= 0.3 is 0 Å². The molecule has 0 aliphatic carbocycles. The topological polar surface area (TPSA) is 630 Å². The molecule has 0 aromatic carbocycles. The van der Waals surface area contributed by atoms with Gasteiger partial charge in [-0.1, -0.05) is 11.8 Å². The van der Waals surface area contributed by atoms with Crippen LogP contribution in [-0.2, 0) is 113 Å². The minimum absolute atomic E-state index is 0.0345. The maximum atomic E-state index is 11.3. The van der Waals surface area contributed by atoms with E-state index in [1.165, 1.54) is 13.8 Å². The van der Waals surface area contributed by atoms with E-state index >= 15 is 0 Å². The van der Waals surface area contributed by atoms with Crippen LogP contribution in [0.4, 0.5) is 0 Å². The number of hydrogen-bond acceptors (Lipinski definition) is 37. The highest BCUT2D eigenvalue weighted by Gasteiger charge is 2.36. The van der Waals surface area contributed by atoms with E-state index < -0.39 is 127 Å². The first-order valence-corrected chi connectivity index (χ1v) is 34.9. The molecule has 0 bridgehead atoms. The van der Waals surface area contributed by atoms with Gasteiger partial charge in [-0.3, -0.25) is 50.7 Å². The van der Waals surface area contributed by atoms with Crippen molar-refractivity contribution in [2.24, 2.45) is 0 Å². The quantitative estimate of drug-likeness (QED) is 0.0371. The van der Waals surface area contributed by atoms with E-state index in [1.54, 1.807) is 34.6 Å². The van der Waals surface area contributed by atoms with Gasteiger partial charge in [0.05, 0.1) is 69.5 Å². The molecule has 3 saturated heterocycles. The third-order valence-corrected chi connectivity index (χ3v) is 20.2. The van der Waals surface area contributed by atoms with Crippen LogP contribution in [0.3, 0.4) is 0 Å². The smallest absolute Gasteiger partial charge is 0.280 e. The maximum absolute atomic E-state index is 11.3. The van der Waals surface area contributed by atoms with Crippen LogP contribution in [0, 0.1) is 23.7 Å². The van der Waals surface area contributed by atoms with E-state index in [4.69, 9.17) is 19.1 Å². The van der Waals surface area contributed by atoms with E-state index in [0.717, 1.165) is 0 Å². The van der Waals surface area contributed by atoms with E-state index in [-0.39, 0.29) is 49.4 Å². The molecule has 6 N–H and O–H groups in total. The van der Waals surface area contributed by atoms with Gasteiger partial charge in [0, 0.05) is 47.3 Å². The lowest BCUT2D eigenvalue weighted by Crippen LogP contribution is -2.27. The van der Waals surface area contributed by atoms with Gasteiger partial charge in [-0.05, 0) is 34.6 Å². The molecule has 3 rings (SSSR count). The Morgan fingerprint density at radius 3 is 0.889 bits per heavy atom. The summed E-state index contributed by atoms with van der Waals surface area (Å²) in [7, 11) is -49.0. The molecule has 3 aliphatic rings. The van der Waals surface area contributed by atoms with E-state index in [1.807, 2.05) is 0 Å². The van der Waals surface area contributed by atoms with E-state index in [2.05, 4.69) is 82.8 Å². The Kier molecular flexibility index (Phi) is 37.5. The molecule has 478 valence electrons. The average Bonchev–Trinajstić information content (AvgIpc) is 3.90. The zero-order chi connectivity index (χ0) is 63.6. The molecule has 2 amide bonds. The summed E-state index contributed by atoms with van der Waals surface area (Å²) in [6.07, 6.45) is -6.36. The predicted octanol–water partition coefficient (Wildman–Crippen LogP) is -4.48. The van der Waals surface area contributed by atoms with Crippen molar-refractivity contribution in [1.82, 2.24) is 10.6 Å². The number of aliphatic hydroxyl groups is 3. The molecule has 81 heavy (non-hydrogen) atoms. The lowest BCUT2D eigenvalue weighted by atomic mass is 10.1. The molecule has 0 aromatic heterocycles. The highest BCUT2D eigenvalue weighted by atomic mass is 31.3. The fourth-order valence-electron chi connectivity index (χ4n) is 5.19. The SMILES string of the molecule is CC#CCNC(C)=O.CC#CCNC(C)=O.COP(=O)([O-])OP(=O)([O-])OP(=O)([O-])OC[C@H]1O[C@@H](C)CC1O.COP(=O)([O-])OP(=O)([O-])OP(=O)([O-])OC[C@H]1O[C@@H](C)CC1O.C[C@H]1CC(O)[C@@H](COP(=O)([O-])OP(=O)([O-])OP(=O)([O-])O)O1. The predicted molar refractivity (Wildman–Crippen MR) is 248 cm³/mol. The number of carbonyl (C=O) groups excluding carboxylic acids is 2. The van der Waals surface area contributed by atoms with Gasteiger partial charge in [-0.2, -0.15) is 0 Å². The number of rotatable bonds is 25. The summed E-state index contributed by atoms with van der Waals surface area (Å²) in [5.41, 5.74) is 0. The van der Waals surface area contributed by atoms with Gasteiger partial charge in [0.1, 0.15) is 18.3 Å². The number of phosphoric ester groups is 5. The van der Waals surface area contributed by atoms with Gasteiger partial charge in [0.15, 0.2) is 0 Å². The Labute approximate surface area is 462 Å². The molecule has 3 aliphatic heterocycles. The number of aliphatic hydroxyl groups excluding tert-OH is 3. The van der Waals surface area contributed by atoms with Gasteiger partial charge in [0.25, 0.3) is 70.4 Å². The van der Waals surface area contributed by atoms with Crippen molar-refractivity contribution in [1.29, 1.82) is 0 Å². The van der Waals surface area contributed by atoms with Crippen molar-refractivity contribution in [3.05, 3.63) is 0 Å². The Morgan fingerprint density at radius 2 is 0.704 bits per heavy atom. The number of carbonyl (C=O) groups is 2. The molecule has 3 fully saturated rings. The Bertz CT molecular complexity index is 2440. The maximum Gasteiger partial charge on any atom is 0.280 e. The highest BCUT2D eigenvalue weighted by Crippen LogP contribution is 2.64. The summed E-state index contributed by atoms with van der Waals surface area (Å²) >= 11 is 0. The van der Waals surface area contributed by atoms with Crippen molar-refractivity contribution in [3.63, 3.8) is 0 Å². The molecular weight excluding hydrogens is 1300 g/mol. The van der Waals surface area contributed by atoms with Crippen LogP contribution in [0.25, 0.3) is 0 Å². The van der Waals surface area contributed by atoms with Crippen molar-refractivity contribution in [3.8, 4) is 23.7 Å². The second-order valence-corrected chi connectivity index (χ2v) is 28.8. The zero-order valence-corrected chi connectivity index (χ0v) is 51.6. The van der Waals surface area contributed by atoms with Crippen molar-refractivity contribution < 1.29 is 178 Å². The molecule has 18 atom stereocenters. The first kappa shape index (κ1) is 82.1. The summed E-state index contributed by atoms with van der Waals surface area (Å²) in [4.78, 5) is 127. The largest absolute Gasteiger partial charge is 0.756 e. The number of hydrogen-bond donors (Lipinski definition) is 6. The molecular formula is C32H58N2O38P9-9. The van der Waals surface area contributed by atoms with Crippen LogP contribution in [0.15, 0.2) is 0 Å².